The number of ether oxygens (including phenoxy) is 3. The lowest BCUT2D eigenvalue weighted by atomic mass is 10.0. The second-order valence-electron chi connectivity index (χ2n) is 7.01. The number of methoxy groups -OCH3 is 1. The SMILES string of the molecule is COc1ccc2c(=O)c(-c3ccc(Oc4ccc(OC(F)(F)F)cc4)cc3)c(C)[nH]c2c1. The molecule has 0 aliphatic carbocycles. The molecule has 1 N–H and O–H groups in total. The molecule has 3 aromatic carbocycles. The molecule has 0 fully saturated rings. The monoisotopic (exact) mass is 441 g/mol. The summed E-state index contributed by atoms with van der Waals surface area (Å²) >= 11 is 0. The number of rotatable bonds is 5. The smallest absolute Gasteiger partial charge is 0.497 e. The van der Waals surface area contributed by atoms with Crippen LogP contribution in [0.25, 0.3) is 22.0 Å². The Morgan fingerprint density at radius 1 is 0.812 bits per heavy atom. The van der Waals surface area contributed by atoms with E-state index in [9.17, 15) is 18.0 Å². The van der Waals surface area contributed by atoms with Gasteiger partial charge in [0.15, 0.2) is 5.43 Å². The lowest BCUT2D eigenvalue weighted by molar-refractivity contribution is -0.274. The van der Waals surface area contributed by atoms with Crippen molar-refractivity contribution in [1.29, 1.82) is 0 Å². The van der Waals surface area contributed by atoms with E-state index in [0.29, 0.717) is 45.0 Å². The summed E-state index contributed by atoms with van der Waals surface area (Å²) in [6.45, 7) is 1.82. The zero-order valence-electron chi connectivity index (χ0n) is 17.1. The fourth-order valence-electron chi connectivity index (χ4n) is 3.40. The average Bonchev–Trinajstić information content (AvgIpc) is 2.75. The van der Waals surface area contributed by atoms with E-state index in [1.54, 1.807) is 49.6 Å². The molecule has 1 aromatic heterocycles. The van der Waals surface area contributed by atoms with Crippen molar-refractivity contribution in [2.45, 2.75) is 13.3 Å². The summed E-state index contributed by atoms with van der Waals surface area (Å²) in [5.74, 6) is 1.14. The number of H-pyrrole nitrogens is 1. The summed E-state index contributed by atoms with van der Waals surface area (Å²) in [4.78, 5) is 16.3. The average molecular weight is 441 g/mol. The molecule has 0 saturated carbocycles. The van der Waals surface area contributed by atoms with Crippen molar-refractivity contribution < 1.29 is 27.4 Å². The molecule has 0 radical (unpaired) electrons. The van der Waals surface area contributed by atoms with E-state index in [2.05, 4.69) is 9.72 Å². The highest BCUT2D eigenvalue weighted by Crippen LogP contribution is 2.29. The molecule has 0 aliphatic heterocycles. The maximum atomic E-state index is 13.1. The minimum absolute atomic E-state index is 0.104. The Kier molecular flexibility index (Phi) is 5.52. The van der Waals surface area contributed by atoms with Gasteiger partial charge in [-0.25, -0.2) is 0 Å². The van der Waals surface area contributed by atoms with Gasteiger partial charge in [0, 0.05) is 22.7 Å². The standard InChI is InChI=1S/C24H18F3NO4/c1-14-22(23(29)20-12-11-19(30-2)13-21(20)28-14)15-3-5-16(6-4-15)31-17-7-9-18(10-8-17)32-24(25,26)27/h3-13H,1-2H3,(H,28,29). The maximum Gasteiger partial charge on any atom is 0.573 e. The predicted molar refractivity (Wildman–Crippen MR) is 114 cm³/mol. The maximum absolute atomic E-state index is 13.1. The lowest BCUT2D eigenvalue weighted by Gasteiger charge is -2.11. The summed E-state index contributed by atoms with van der Waals surface area (Å²) < 4.78 is 51.5. The van der Waals surface area contributed by atoms with E-state index in [1.807, 2.05) is 6.92 Å². The van der Waals surface area contributed by atoms with Gasteiger partial charge in [0.25, 0.3) is 0 Å². The van der Waals surface area contributed by atoms with Gasteiger partial charge in [0.1, 0.15) is 23.0 Å². The van der Waals surface area contributed by atoms with Gasteiger partial charge in [-0.1, -0.05) is 12.1 Å². The number of aryl methyl sites for hydroxylation is 1. The van der Waals surface area contributed by atoms with Crippen LogP contribution in [0, 0.1) is 6.92 Å². The van der Waals surface area contributed by atoms with Gasteiger partial charge >= 0.3 is 6.36 Å². The molecular formula is C24H18F3NO4. The van der Waals surface area contributed by atoms with E-state index >= 15 is 0 Å². The van der Waals surface area contributed by atoms with Crippen molar-refractivity contribution in [2.75, 3.05) is 7.11 Å². The molecule has 164 valence electrons. The number of alkyl halides is 3. The number of fused-ring (bicyclic) bond motifs is 1. The van der Waals surface area contributed by atoms with Gasteiger partial charge in [-0.2, -0.15) is 0 Å². The van der Waals surface area contributed by atoms with Crippen LogP contribution < -0.4 is 19.6 Å². The predicted octanol–water partition coefficient (Wildman–Crippen LogP) is 6.20. The van der Waals surface area contributed by atoms with Crippen molar-refractivity contribution in [3.05, 3.63) is 82.6 Å². The topological polar surface area (TPSA) is 60.6 Å². The largest absolute Gasteiger partial charge is 0.573 e. The highest BCUT2D eigenvalue weighted by atomic mass is 19.4. The van der Waals surface area contributed by atoms with Gasteiger partial charge < -0.3 is 19.2 Å². The Balaban J connectivity index is 1.57. The van der Waals surface area contributed by atoms with Crippen LogP contribution in [0.15, 0.2) is 71.5 Å². The zero-order chi connectivity index (χ0) is 22.9. The number of hydrogen-bond acceptors (Lipinski definition) is 4. The van der Waals surface area contributed by atoms with Crippen LogP contribution in [0.5, 0.6) is 23.0 Å². The van der Waals surface area contributed by atoms with E-state index in [4.69, 9.17) is 9.47 Å². The molecule has 0 amide bonds. The van der Waals surface area contributed by atoms with E-state index in [-0.39, 0.29) is 11.2 Å². The Bertz CT molecular complexity index is 1310. The van der Waals surface area contributed by atoms with Crippen LogP contribution in [0.1, 0.15) is 5.69 Å². The third-order valence-corrected chi connectivity index (χ3v) is 4.83. The Morgan fingerprint density at radius 2 is 1.38 bits per heavy atom. The first-order chi connectivity index (χ1) is 15.2. The molecule has 0 bridgehead atoms. The summed E-state index contributed by atoms with van der Waals surface area (Å²) in [5.41, 5.74) is 2.55. The number of nitrogens with one attached hydrogen (secondary N) is 1. The lowest BCUT2D eigenvalue weighted by Crippen LogP contribution is -2.16. The van der Waals surface area contributed by atoms with Gasteiger partial charge in [0.2, 0.25) is 0 Å². The second-order valence-corrected chi connectivity index (χ2v) is 7.01. The first kappa shape index (κ1) is 21.3. The van der Waals surface area contributed by atoms with Crippen molar-refractivity contribution >= 4 is 10.9 Å². The molecule has 32 heavy (non-hydrogen) atoms. The van der Waals surface area contributed by atoms with Crippen LogP contribution >= 0.6 is 0 Å². The van der Waals surface area contributed by atoms with Gasteiger partial charge in [0.05, 0.1) is 12.6 Å². The van der Waals surface area contributed by atoms with Gasteiger partial charge in [-0.15, -0.1) is 13.2 Å². The van der Waals surface area contributed by atoms with Crippen molar-refractivity contribution in [3.63, 3.8) is 0 Å². The molecule has 0 spiro atoms. The van der Waals surface area contributed by atoms with Crippen LogP contribution in [-0.4, -0.2) is 18.5 Å². The molecular weight excluding hydrogens is 423 g/mol. The molecule has 0 aliphatic rings. The highest BCUT2D eigenvalue weighted by molar-refractivity contribution is 5.85. The summed E-state index contributed by atoms with van der Waals surface area (Å²) in [6.07, 6.45) is -4.75. The Labute approximate surface area is 181 Å². The highest BCUT2D eigenvalue weighted by Gasteiger charge is 2.31. The van der Waals surface area contributed by atoms with E-state index in [1.165, 1.54) is 24.3 Å². The van der Waals surface area contributed by atoms with E-state index < -0.39 is 6.36 Å². The minimum Gasteiger partial charge on any atom is -0.497 e. The van der Waals surface area contributed by atoms with Crippen LogP contribution in [0.2, 0.25) is 0 Å². The molecule has 4 rings (SSSR count). The van der Waals surface area contributed by atoms with E-state index in [0.717, 1.165) is 0 Å². The minimum atomic E-state index is -4.75. The van der Waals surface area contributed by atoms with Crippen molar-refractivity contribution in [1.82, 2.24) is 4.98 Å². The van der Waals surface area contributed by atoms with Crippen LogP contribution in [-0.2, 0) is 0 Å². The molecule has 1 heterocycles. The third kappa shape index (κ3) is 4.54. The van der Waals surface area contributed by atoms with Crippen molar-refractivity contribution in [3.8, 4) is 34.1 Å². The number of aromatic amines is 1. The third-order valence-electron chi connectivity index (χ3n) is 4.83. The van der Waals surface area contributed by atoms with Crippen LogP contribution in [0.3, 0.4) is 0 Å². The van der Waals surface area contributed by atoms with Gasteiger partial charge in [-0.3, -0.25) is 4.79 Å². The number of halogens is 3. The molecule has 0 atom stereocenters. The Morgan fingerprint density at radius 3 is 1.97 bits per heavy atom. The number of hydrogen-bond donors (Lipinski definition) is 1. The molecule has 0 saturated heterocycles. The quantitative estimate of drug-likeness (QED) is 0.400. The Hall–Kier alpha value is -3.94. The number of pyridine rings is 1. The molecule has 5 nitrogen and oxygen atoms in total. The summed E-state index contributed by atoms with van der Waals surface area (Å²) in [5, 5.41) is 0.549. The second kappa shape index (κ2) is 8.30. The summed E-state index contributed by atoms with van der Waals surface area (Å²) in [6, 6.07) is 17.2. The van der Waals surface area contributed by atoms with Crippen LogP contribution in [0.4, 0.5) is 13.2 Å². The number of benzene rings is 3. The molecule has 4 aromatic rings. The number of aromatic nitrogens is 1. The zero-order valence-corrected chi connectivity index (χ0v) is 17.1. The molecule has 0 unspecified atom stereocenters. The first-order valence-corrected chi connectivity index (χ1v) is 9.58. The van der Waals surface area contributed by atoms with Crippen molar-refractivity contribution in [2.24, 2.45) is 0 Å². The molecule has 8 heteroatoms. The summed E-state index contributed by atoms with van der Waals surface area (Å²) in [7, 11) is 1.56. The first-order valence-electron chi connectivity index (χ1n) is 9.58. The van der Waals surface area contributed by atoms with Gasteiger partial charge in [-0.05, 0) is 61.0 Å². The normalized spacial score (nSPS) is 11.4. The fourth-order valence-corrected chi connectivity index (χ4v) is 3.40. The fraction of sp³-hybridized carbons (Fsp3) is 0.125.